The van der Waals surface area contributed by atoms with Crippen molar-refractivity contribution in [2.75, 3.05) is 13.2 Å². The van der Waals surface area contributed by atoms with Gasteiger partial charge in [0.25, 0.3) is 0 Å². The van der Waals surface area contributed by atoms with Gasteiger partial charge in [-0.15, -0.1) is 0 Å². The molecule has 2 aromatic heterocycles. The van der Waals surface area contributed by atoms with Gasteiger partial charge in [0.15, 0.2) is 0 Å². The Bertz CT molecular complexity index is 1180. The van der Waals surface area contributed by atoms with Crippen molar-refractivity contribution < 1.29 is 14.2 Å². The van der Waals surface area contributed by atoms with Gasteiger partial charge in [0.1, 0.15) is 23.9 Å². The van der Waals surface area contributed by atoms with Crippen molar-refractivity contribution in [3.8, 4) is 17.2 Å². The van der Waals surface area contributed by atoms with Crippen LogP contribution in [0.3, 0.4) is 0 Å². The number of benzene rings is 2. The first-order valence-electron chi connectivity index (χ1n) is 11.5. The summed E-state index contributed by atoms with van der Waals surface area (Å²) in [5.41, 5.74) is 4.02. The molecule has 0 saturated heterocycles. The van der Waals surface area contributed by atoms with Crippen molar-refractivity contribution in [3.05, 3.63) is 89.9 Å². The van der Waals surface area contributed by atoms with Crippen LogP contribution < -0.4 is 14.2 Å². The van der Waals surface area contributed by atoms with E-state index in [-0.39, 0.29) is 0 Å². The van der Waals surface area contributed by atoms with Crippen LogP contribution in [0, 0.1) is 6.92 Å². The van der Waals surface area contributed by atoms with Crippen molar-refractivity contribution in [2.24, 2.45) is 0 Å². The lowest BCUT2D eigenvalue weighted by Gasteiger charge is -2.16. The molecule has 33 heavy (non-hydrogen) atoms. The Morgan fingerprint density at radius 1 is 0.818 bits per heavy atom. The molecule has 0 radical (unpaired) electrons. The molecule has 0 fully saturated rings. The molecule has 4 aromatic rings. The summed E-state index contributed by atoms with van der Waals surface area (Å²) >= 11 is 0. The Morgan fingerprint density at radius 2 is 1.61 bits per heavy atom. The van der Waals surface area contributed by atoms with Crippen LogP contribution in [0.5, 0.6) is 17.2 Å². The van der Waals surface area contributed by atoms with Crippen molar-refractivity contribution >= 4 is 10.9 Å². The van der Waals surface area contributed by atoms with E-state index in [1.165, 1.54) is 5.56 Å². The molecule has 0 aliphatic heterocycles. The summed E-state index contributed by atoms with van der Waals surface area (Å²) < 4.78 is 18.2. The molecule has 0 saturated carbocycles. The van der Waals surface area contributed by atoms with Gasteiger partial charge in [-0.2, -0.15) is 0 Å². The van der Waals surface area contributed by atoms with Crippen LogP contribution >= 0.6 is 0 Å². The van der Waals surface area contributed by atoms with Gasteiger partial charge < -0.3 is 14.2 Å². The number of nitrogens with zero attached hydrogens (tertiary/aromatic N) is 2. The smallest absolute Gasteiger partial charge is 0.133 e. The molecule has 170 valence electrons. The summed E-state index contributed by atoms with van der Waals surface area (Å²) in [6.07, 6.45) is 6.54. The average Bonchev–Trinajstić information content (AvgIpc) is 2.85. The summed E-state index contributed by atoms with van der Waals surface area (Å²) in [4.78, 5) is 8.89. The number of para-hydroxylation sites is 1. The Labute approximate surface area is 195 Å². The number of rotatable bonds is 11. The van der Waals surface area contributed by atoms with Crippen LogP contribution in [0.25, 0.3) is 10.9 Å². The Hall–Kier alpha value is -3.60. The number of pyridine rings is 2. The first-order valence-corrected chi connectivity index (χ1v) is 11.5. The topological polar surface area (TPSA) is 53.5 Å². The highest BCUT2D eigenvalue weighted by Gasteiger charge is 2.14. The third kappa shape index (κ3) is 6.01. The Morgan fingerprint density at radius 3 is 2.42 bits per heavy atom. The molecule has 0 atom stereocenters. The molecule has 0 aliphatic rings. The second-order valence-corrected chi connectivity index (χ2v) is 7.95. The standard InChI is InChI=1S/C28H30N2O3/c1-3-4-17-32-28-21(2)27(30-26-11-6-5-10-25(26)28)20-33-24-9-7-8-23(19-24)31-18-14-22-12-15-29-16-13-22/h5-13,15-16,19H,3-4,14,17-18,20H2,1-2H3. The molecule has 0 amide bonds. The summed E-state index contributed by atoms with van der Waals surface area (Å²) in [7, 11) is 0. The van der Waals surface area contributed by atoms with Gasteiger partial charge in [0.2, 0.25) is 0 Å². The molecule has 2 aromatic carbocycles. The minimum Gasteiger partial charge on any atom is -0.493 e. The number of unbranched alkanes of at least 4 members (excludes halogenated alkanes) is 1. The first kappa shape index (κ1) is 22.6. The predicted molar refractivity (Wildman–Crippen MR) is 131 cm³/mol. The molecule has 0 unspecified atom stereocenters. The van der Waals surface area contributed by atoms with Crippen LogP contribution in [0.4, 0.5) is 0 Å². The van der Waals surface area contributed by atoms with E-state index >= 15 is 0 Å². The zero-order valence-electron chi connectivity index (χ0n) is 19.3. The minimum atomic E-state index is 0.362. The fraction of sp³-hybridized carbons (Fsp3) is 0.286. The van der Waals surface area contributed by atoms with Gasteiger partial charge in [-0.25, -0.2) is 4.98 Å². The highest BCUT2D eigenvalue weighted by Crippen LogP contribution is 2.31. The maximum atomic E-state index is 6.16. The van der Waals surface area contributed by atoms with Gasteiger partial charge in [0, 0.05) is 35.8 Å². The molecular weight excluding hydrogens is 412 g/mol. The van der Waals surface area contributed by atoms with Crippen molar-refractivity contribution in [1.82, 2.24) is 9.97 Å². The Balaban J connectivity index is 1.43. The van der Waals surface area contributed by atoms with E-state index in [0.717, 1.165) is 58.7 Å². The average molecular weight is 443 g/mol. The lowest BCUT2D eigenvalue weighted by molar-refractivity contribution is 0.288. The van der Waals surface area contributed by atoms with E-state index < -0.39 is 0 Å². The summed E-state index contributed by atoms with van der Waals surface area (Å²) in [6.45, 7) is 5.87. The summed E-state index contributed by atoms with van der Waals surface area (Å²) in [5.74, 6) is 2.44. The van der Waals surface area contributed by atoms with Gasteiger partial charge >= 0.3 is 0 Å². The summed E-state index contributed by atoms with van der Waals surface area (Å²) in [6, 6.07) is 19.8. The molecule has 0 N–H and O–H groups in total. The molecule has 2 heterocycles. The van der Waals surface area contributed by atoms with E-state index in [0.29, 0.717) is 19.8 Å². The van der Waals surface area contributed by atoms with Gasteiger partial charge in [0.05, 0.1) is 24.4 Å². The SMILES string of the molecule is CCCCOc1c(C)c(COc2cccc(OCCc3ccncc3)c2)nc2ccccc12. The third-order valence-corrected chi connectivity index (χ3v) is 5.51. The van der Waals surface area contributed by atoms with E-state index in [1.54, 1.807) is 12.4 Å². The van der Waals surface area contributed by atoms with E-state index in [2.05, 4.69) is 24.9 Å². The van der Waals surface area contributed by atoms with Crippen molar-refractivity contribution in [2.45, 2.75) is 39.7 Å². The fourth-order valence-electron chi connectivity index (χ4n) is 3.61. The van der Waals surface area contributed by atoms with Crippen LogP contribution in [-0.4, -0.2) is 23.2 Å². The highest BCUT2D eigenvalue weighted by molar-refractivity contribution is 5.86. The third-order valence-electron chi connectivity index (χ3n) is 5.51. The van der Waals surface area contributed by atoms with Crippen LogP contribution in [0.1, 0.15) is 36.6 Å². The maximum Gasteiger partial charge on any atom is 0.133 e. The maximum absolute atomic E-state index is 6.16. The lowest BCUT2D eigenvalue weighted by atomic mass is 10.1. The molecule has 0 aliphatic carbocycles. The van der Waals surface area contributed by atoms with Crippen LogP contribution in [0.2, 0.25) is 0 Å². The van der Waals surface area contributed by atoms with Gasteiger partial charge in [-0.1, -0.05) is 31.5 Å². The monoisotopic (exact) mass is 442 g/mol. The molecule has 0 bridgehead atoms. The number of hydrogen-bond donors (Lipinski definition) is 0. The second-order valence-electron chi connectivity index (χ2n) is 7.95. The van der Waals surface area contributed by atoms with Crippen molar-refractivity contribution in [1.29, 1.82) is 0 Å². The van der Waals surface area contributed by atoms with Gasteiger partial charge in [-0.3, -0.25) is 4.98 Å². The number of hydrogen-bond acceptors (Lipinski definition) is 5. The highest BCUT2D eigenvalue weighted by atomic mass is 16.5. The van der Waals surface area contributed by atoms with Gasteiger partial charge in [-0.05, 0) is 55.3 Å². The number of ether oxygens (including phenoxy) is 3. The second kappa shape index (κ2) is 11.3. The lowest BCUT2D eigenvalue weighted by Crippen LogP contribution is -2.06. The molecule has 0 spiro atoms. The van der Waals surface area contributed by atoms with E-state index in [9.17, 15) is 0 Å². The molecule has 5 heteroatoms. The summed E-state index contributed by atoms with van der Waals surface area (Å²) in [5, 5.41) is 1.04. The van der Waals surface area contributed by atoms with E-state index in [1.807, 2.05) is 54.6 Å². The van der Waals surface area contributed by atoms with Crippen molar-refractivity contribution in [3.63, 3.8) is 0 Å². The first-order chi connectivity index (χ1) is 16.2. The Kier molecular flexibility index (Phi) is 7.75. The number of aromatic nitrogens is 2. The van der Waals surface area contributed by atoms with Crippen LogP contribution in [0.15, 0.2) is 73.1 Å². The predicted octanol–water partition coefficient (Wildman–Crippen LogP) is 6.32. The minimum absolute atomic E-state index is 0.362. The van der Waals surface area contributed by atoms with Crippen LogP contribution in [-0.2, 0) is 13.0 Å². The molecule has 5 nitrogen and oxygen atoms in total. The fourth-order valence-corrected chi connectivity index (χ4v) is 3.61. The zero-order valence-corrected chi connectivity index (χ0v) is 19.3. The molecule has 4 rings (SSSR count). The number of fused-ring (bicyclic) bond motifs is 1. The zero-order chi connectivity index (χ0) is 22.9. The largest absolute Gasteiger partial charge is 0.493 e. The van der Waals surface area contributed by atoms with E-state index in [4.69, 9.17) is 19.2 Å². The molecular formula is C28H30N2O3. The quantitative estimate of drug-likeness (QED) is 0.255. The normalized spacial score (nSPS) is 10.8.